The first kappa shape index (κ1) is 17.4. The standard InChI is InChI=1S/C17H13NS6/c1-19-14-15(20-2)24-17(23-14)16-21-12-7-6-10(9-13(12)22-16)11-5-3-4-8-18-11/h3-9H,1-2H3. The van der Waals surface area contributed by atoms with Crippen LogP contribution in [0.25, 0.3) is 11.3 Å². The first-order valence-corrected chi connectivity index (χ1v) is 12.8. The first-order chi connectivity index (χ1) is 11.8. The Morgan fingerprint density at radius 2 is 1.50 bits per heavy atom. The van der Waals surface area contributed by atoms with Crippen molar-refractivity contribution in [2.24, 2.45) is 0 Å². The van der Waals surface area contributed by atoms with Crippen LogP contribution in [0.3, 0.4) is 0 Å². The minimum Gasteiger partial charge on any atom is -0.256 e. The number of thioether (sulfide) groups is 6. The van der Waals surface area contributed by atoms with E-state index in [0.29, 0.717) is 0 Å². The van der Waals surface area contributed by atoms with Crippen LogP contribution in [0.5, 0.6) is 0 Å². The first-order valence-electron chi connectivity index (χ1n) is 7.12. The van der Waals surface area contributed by atoms with Crippen LogP contribution in [0.1, 0.15) is 0 Å². The largest absolute Gasteiger partial charge is 0.256 e. The number of nitrogens with zero attached hydrogens (tertiary/aromatic N) is 1. The molecule has 0 saturated heterocycles. The van der Waals surface area contributed by atoms with Crippen LogP contribution in [0.15, 0.2) is 69.3 Å². The molecule has 0 bridgehead atoms. The Hall–Kier alpha value is -0.0500. The minimum atomic E-state index is 1.03. The van der Waals surface area contributed by atoms with E-state index in [1.165, 1.54) is 32.3 Å². The summed E-state index contributed by atoms with van der Waals surface area (Å²) in [7, 11) is 0. The molecule has 0 spiro atoms. The monoisotopic (exact) mass is 423 g/mol. The molecule has 1 aromatic heterocycles. The Kier molecular flexibility index (Phi) is 5.56. The molecule has 3 heterocycles. The third-order valence-electron chi connectivity index (χ3n) is 3.38. The molecule has 4 rings (SSSR count). The Labute approximate surface area is 167 Å². The van der Waals surface area contributed by atoms with Gasteiger partial charge >= 0.3 is 0 Å². The highest BCUT2D eigenvalue weighted by molar-refractivity contribution is 8.41. The summed E-state index contributed by atoms with van der Waals surface area (Å²) in [5, 5.41) is 0. The molecule has 0 fully saturated rings. The summed E-state index contributed by atoms with van der Waals surface area (Å²) in [6.07, 6.45) is 6.17. The van der Waals surface area contributed by atoms with Gasteiger partial charge in [0.15, 0.2) is 0 Å². The molecule has 0 unspecified atom stereocenters. The maximum atomic E-state index is 4.46. The van der Waals surface area contributed by atoms with Crippen LogP contribution < -0.4 is 0 Å². The van der Waals surface area contributed by atoms with Crippen molar-refractivity contribution >= 4 is 70.6 Å². The second kappa shape index (κ2) is 7.68. The van der Waals surface area contributed by atoms with E-state index >= 15 is 0 Å². The van der Waals surface area contributed by atoms with E-state index < -0.39 is 0 Å². The van der Waals surface area contributed by atoms with Gasteiger partial charge in [-0.1, -0.05) is 59.2 Å². The molecule has 1 aromatic carbocycles. The van der Waals surface area contributed by atoms with Crippen LogP contribution >= 0.6 is 70.6 Å². The van der Waals surface area contributed by atoms with Crippen LogP contribution in [-0.2, 0) is 0 Å². The van der Waals surface area contributed by atoms with Crippen LogP contribution in [0.4, 0.5) is 0 Å². The lowest BCUT2D eigenvalue weighted by atomic mass is 10.1. The average Bonchev–Trinajstić information content (AvgIpc) is 3.25. The molecule has 122 valence electrons. The zero-order chi connectivity index (χ0) is 16.5. The number of hydrogen-bond acceptors (Lipinski definition) is 7. The fraction of sp³-hybridized carbons (Fsp3) is 0.118. The zero-order valence-electron chi connectivity index (χ0n) is 12.9. The quantitative estimate of drug-likeness (QED) is 0.503. The molecule has 0 amide bonds. The van der Waals surface area contributed by atoms with Crippen molar-refractivity contribution in [3.8, 4) is 11.3 Å². The second-order valence-corrected chi connectivity index (χ2v) is 11.7. The summed E-state index contributed by atoms with van der Waals surface area (Å²) in [5.41, 5.74) is 2.22. The molecule has 7 heteroatoms. The van der Waals surface area contributed by atoms with Crippen LogP contribution in [-0.4, -0.2) is 17.5 Å². The summed E-state index contributed by atoms with van der Waals surface area (Å²) >= 11 is 11.3. The summed E-state index contributed by atoms with van der Waals surface area (Å²) in [5.74, 6) is 0. The molecule has 2 aliphatic rings. The maximum absolute atomic E-state index is 4.46. The van der Waals surface area contributed by atoms with Gasteiger partial charge in [-0.25, -0.2) is 0 Å². The smallest absolute Gasteiger partial charge is 0.0717 e. The van der Waals surface area contributed by atoms with Gasteiger partial charge in [0, 0.05) is 21.6 Å². The van der Waals surface area contributed by atoms with Crippen molar-refractivity contribution in [1.29, 1.82) is 0 Å². The van der Waals surface area contributed by atoms with Gasteiger partial charge in [-0.3, -0.25) is 4.98 Å². The van der Waals surface area contributed by atoms with Crippen molar-refractivity contribution in [3.63, 3.8) is 0 Å². The molecule has 24 heavy (non-hydrogen) atoms. The lowest BCUT2D eigenvalue weighted by Crippen LogP contribution is -1.82. The molecule has 0 atom stereocenters. The van der Waals surface area contributed by atoms with Gasteiger partial charge in [-0.2, -0.15) is 0 Å². The number of rotatable bonds is 3. The van der Waals surface area contributed by atoms with Crippen molar-refractivity contribution < 1.29 is 0 Å². The highest BCUT2D eigenvalue weighted by atomic mass is 32.3. The van der Waals surface area contributed by atoms with Gasteiger partial charge in [0.05, 0.1) is 22.6 Å². The second-order valence-electron chi connectivity index (χ2n) is 4.84. The van der Waals surface area contributed by atoms with E-state index in [2.05, 4.69) is 41.8 Å². The fourth-order valence-corrected chi connectivity index (χ4v) is 10.1. The van der Waals surface area contributed by atoms with Crippen molar-refractivity contribution in [2.45, 2.75) is 9.79 Å². The highest BCUT2D eigenvalue weighted by Gasteiger charge is 2.28. The summed E-state index contributed by atoms with van der Waals surface area (Å²) in [6, 6.07) is 12.7. The Bertz CT molecular complexity index is 825. The molecule has 2 aromatic rings. The van der Waals surface area contributed by atoms with Gasteiger partial charge in [-0.05, 0) is 36.8 Å². The van der Waals surface area contributed by atoms with E-state index in [1.807, 2.05) is 88.9 Å². The Morgan fingerprint density at radius 3 is 2.17 bits per heavy atom. The maximum Gasteiger partial charge on any atom is 0.0717 e. The van der Waals surface area contributed by atoms with Crippen molar-refractivity contribution in [3.05, 3.63) is 59.5 Å². The van der Waals surface area contributed by atoms with Crippen molar-refractivity contribution in [2.75, 3.05) is 12.5 Å². The van der Waals surface area contributed by atoms with Gasteiger partial charge in [0.1, 0.15) is 0 Å². The van der Waals surface area contributed by atoms with Crippen LogP contribution in [0, 0.1) is 0 Å². The predicted octanol–water partition coefficient (Wildman–Crippen LogP) is 7.41. The summed E-state index contributed by atoms with van der Waals surface area (Å²) in [6.45, 7) is 0. The number of benzene rings is 1. The topological polar surface area (TPSA) is 12.9 Å². The lowest BCUT2D eigenvalue weighted by molar-refractivity contribution is 1.25. The fourth-order valence-electron chi connectivity index (χ4n) is 2.27. The van der Waals surface area contributed by atoms with E-state index in [-0.39, 0.29) is 0 Å². The molecular formula is C17H13NS6. The van der Waals surface area contributed by atoms with Gasteiger partial charge < -0.3 is 0 Å². The molecule has 0 saturated carbocycles. The summed E-state index contributed by atoms with van der Waals surface area (Å²) < 4.78 is 5.70. The predicted molar refractivity (Wildman–Crippen MR) is 118 cm³/mol. The van der Waals surface area contributed by atoms with E-state index in [9.17, 15) is 0 Å². The SMILES string of the molecule is CSC1=C(SC)SC(=C2Sc3ccc(-c4ccccn4)cc3S2)S1. The van der Waals surface area contributed by atoms with Gasteiger partial charge in [0.2, 0.25) is 0 Å². The molecular weight excluding hydrogens is 411 g/mol. The zero-order valence-corrected chi connectivity index (χ0v) is 17.8. The number of fused-ring (bicyclic) bond motifs is 1. The van der Waals surface area contributed by atoms with Gasteiger partial charge in [-0.15, -0.1) is 23.5 Å². The number of aromatic nitrogens is 1. The number of pyridine rings is 1. The molecule has 0 radical (unpaired) electrons. The number of hydrogen-bond donors (Lipinski definition) is 0. The van der Waals surface area contributed by atoms with E-state index in [1.54, 1.807) is 0 Å². The van der Waals surface area contributed by atoms with E-state index in [0.717, 1.165) is 5.69 Å². The molecule has 0 N–H and O–H groups in total. The third kappa shape index (κ3) is 3.44. The minimum absolute atomic E-state index is 1.03. The lowest BCUT2D eigenvalue weighted by Gasteiger charge is -2.02. The third-order valence-corrected chi connectivity index (χ3v) is 11.7. The summed E-state index contributed by atoms with van der Waals surface area (Å²) in [4.78, 5) is 7.16. The molecule has 1 nitrogen and oxygen atoms in total. The van der Waals surface area contributed by atoms with Crippen molar-refractivity contribution in [1.82, 2.24) is 4.98 Å². The normalized spacial score (nSPS) is 16.9. The Balaban J connectivity index is 1.60. The Morgan fingerprint density at radius 1 is 0.792 bits per heavy atom. The molecule has 0 aliphatic carbocycles. The average molecular weight is 424 g/mol. The van der Waals surface area contributed by atoms with Crippen LogP contribution in [0.2, 0.25) is 0 Å². The molecule has 2 aliphatic heterocycles. The van der Waals surface area contributed by atoms with Gasteiger partial charge in [0.25, 0.3) is 0 Å². The van der Waals surface area contributed by atoms with E-state index in [4.69, 9.17) is 0 Å². The highest BCUT2D eigenvalue weighted by Crippen LogP contribution is 2.63.